The number of nitrogens with zero attached hydrogens (tertiary/aromatic N) is 2. The quantitative estimate of drug-likeness (QED) is 0.444. The molecule has 2 N–H and O–H groups in total. The lowest BCUT2D eigenvalue weighted by Gasteiger charge is -2.07. The van der Waals surface area contributed by atoms with Gasteiger partial charge in [0.05, 0.1) is 20.8 Å². The molecule has 3 aromatic rings. The van der Waals surface area contributed by atoms with Gasteiger partial charge in [0.15, 0.2) is 0 Å². The van der Waals surface area contributed by atoms with E-state index < -0.39 is 0 Å². The van der Waals surface area contributed by atoms with Gasteiger partial charge in [-0.15, -0.1) is 0 Å². The van der Waals surface area contributed by atoms with Crippen molar-refractivity contribution in [3.8, 4) is 0 Å². The molecule has 0 saturated heterocycles. The minimum absolute atomic E-state index is 0.305. The maximum atomic E-state index is 12.4. The van der Waals surface area contributed by atoms with E-state index in [4.69, 9.17) is 23.2 Å². The first-order valence-corrected chi connectivity index (χ1v) is 8.93. The van der Waals surface area contributed by atoms with E-state index in [0.29, 0.717) is 26.4 Å². The number of thiazole rings is 1. The molecular formula is C17H14Cl2N4OS. The van der Waals surface area contributed by atoms with Gasteiger partial charge in [0.2, 0.25) is 5.13 Å². The average molecular weight is 393 g/mol. The normalized spacial score (nSPS) is 10.6. The molecule has 0 spiro atoms. The maximum Gasteiger partial charge on any atom is 0.257 e. The van der Waals surface area contributed by atoms with Crippen LogP contribution in [0.25, 0.3) is 10.2 Å². The summed E-state index contributed by atoms with van der Waals surface area (Å²) in [4.78, 5) is 16.8. The van der Waals surface area contributed by atoms with Crippen molar-refractivity contribution in [1.29, 1.82) is 0 Å². The van der Waals surface area contributed by atoms with E-state index in [1.807, 2.05) is 26.0 Å². The molecule has 5 nitrogen and oxygen atoms in total. The number of rotatable bonds is 4. The van der Waals surface area contributed by atoms with Crippen LogP contribution in [0.1, 0.15) is 24.2 Å². The number of carbonyl (C=O) groups is 1. The van der Waals surface area contributed by atoms with E-state index in [0.717, 1.165) is 15.9 Å². The van der Waals surface area contributed by atoms with Crippen LogP contribution in [-0.4, -0.2) is 16.6 Å². The van der Waals surface area contributed by atoms with Crippen LogP contribution in [0.15, 0.2) is 41.5 Å². The van der Waals surface area contributed by atoms with Crippen LogP contribution in [0.2, 0.25) is 10.0 Å². The zero-order valence-electron chi connectivity index (χ0n) is 13.4. The molecule has 128 valence electrons. The lowest BCUT2D eigenvalue weighted by atomic mass is 10.2. The van der Waals surface area contributed by atoms with Crippen molar-refractivity contribution in [1.82, 2.24) is 4.98 Å². The first-order chi connectivity index (χ1) is 11.9. The number of fused-ring (bicyclic) bond motifs is 1. The summed E-state index contributed by atoms with van der Waals surface area (Å²) in [5.74, 6) is -0.305. The van der Waals surface area contributed by atoms with Crippen molar-refractivity contribution < 1.29 is 4.79 Å². The van der Waals surface area contributed by atoms with Gasteiger partial charge < -0.3 is 5.32 Å². The van der Waals surface area contributed by atoms with Crippen molar-refractivity contribution in [2.45, 2.75) is 13.8 Å². The van der Waals surface area contributed by atoms with Crippen molar-refractivity contribution in [2.24, 2.45) is 5.10 Å². The Labute approximate surface area is 158 Å². The molecule has 0 aliphatic heterocycles. The summed E-state index contributed by atoms with van der Waals surface area (Å²) in [5.41, 5.74) is 5.59. The fourth-order valence-electron chi connectivity index (χ4n) is 2.08. The molecule has 0 aliphatic rings. The summed E-state index contributed by atoms with van der Waals surface area (Å²) in [6.07, 6.45) is 0. The second kappa shape index (κ2) is 7.39. The van der Waals surface area contributed by atoms with Crippen molar-refractivity contribution in [3.05, 3.63) is 52.0 Å². The van der Waals surface area contributed by atoms with Crippen LogP contribution < -0.4 is 10.7 Å². The molecular weight excluding hydrogens is 379 g/mol. The summed E-state index contributed by atoms with van der Waals surface area (Å²) in [5, 5.41) is 8.44. The van der Waals surface area contributed by atoms with Crippen molar-refractivity contribution >= 4 is 67.2 Å². The number of carbonyl (C=O) groups excluding carboxylic acids is 1. The van der Waals surface area contributed by atoms with Gasteiger partial charge >= 0.3 is 0 Å². The molecule has 25 heavy (non-hydrogen) atoms. The Morgan fingerprint density at radius 3 is 2.68 bits per heavy atom. The Morgan fingerprint density at radius 1 is 1.16 bits per heavy atom. The molecule has 1 amide bonds. The number of aromatic nitrogens is 1. The number of amides is 1. The predicted molar refractivity (Wildman–Crippen MR) is 106 cm³/mol. The third-order valence-electron chi connectivity index (χ3n) is 3.20. The average Bonchev–Trinajstić information content (AvgIpc) is 2.95. The van der Waals surface area contributed by atoms with Crippen molar-refractivity contribution in [2.75, 3.05) is 10.7 Å². The largest absolute Gasteiger partial charge is 0.322 e. The zero-order chi connectivity index (χ0) is 18.0. The molecule has 0 atom stereocenters. The first-order valence-electron chi connectivity index (χ1n) is 7.36. The van der Waals surface area contributed by atoms with Gasteiger partial charge in [0.25, 0.3) is 5.91 Å². The number of hydrogen-bond donors (Lipinski definition) is 2. The number of halogens is 2. The minimum atomic E-state index is -0.305. The second-order valence-electron chi connectivity index (χ2n) is 5.45. The molecule has 1 heterocycles. The zero-order valence-corrected chi connectivity index (χ0v) is 15.8. The fourth-order valence-corrected chi connectivity index (χ4v) is 3.37. The highest BCUT2D eigenvalue weighted by molar-refractivity contribution is 7.22. The van der Waals surface area contributed by atoms with Gasteiger partial charge in [-0.2, -0.15) is 5.10 Å². The highest BCUT2D eigenvalue weighted by Crippen LogP contribution is 2.29. The summed E-state index contributed by atoms with van der Waals surface area (Å²) in [6.45, 7) is 3.80. The molecule has 0 aliphatic carbocycles. The van der Waals surface area contributed by atoms with E-state index in [1.165, 1.54) is 17.4 Å². The Hall–Kier alpha value is -2.15. The Kier molecular flexibility index (Phi) is 5.22. The highest BCUT2D eigenvalue weighted by Gasteiger charge is 2.12. The lowest BCUT2D eigenvalue weighted by molar-refractivity contribution is 0.102. The number of hydrazone groups is 1. The molecule has 8 heteroatoms. The Morgan fingerprint density at radius 2 is 1.96 bits per heavy atom. The second-order valence-corrected chi connectivity index (χ2v) is 7.32. The van der Waals surface area contributed by atoms with Gasteiger partial charge in [-0.25, -0.2) is 4.98 Å². The van der Waals surface area contributed by atoms with Gasteiger partial charge in [-0.05, 0) is 50.2 Å². The lowest BCUT2D eigenvalue weighted by Crippen LogP contribution is -2.12. The van der Waals surface area contributed by atoms with E-state index in [9.17, 15) is 4.79 Å². The number of benzene rings is 2. The van der Waals surface area contributed by atoms with Crippen LogP contribution in [0, 0.1) is 0 Å². The van der Waals surface area contributed by atoms with E-state index >= 15 is 0 Å². The third-order valence-corrected chi connectivity index (χ3v) is 4.69. The molecule has 2 aromatic carbocycles. The third kappa shape index (κ3) is 4.28. The smallest absolute Gasteiger partial charge is 0.257 e. The van der Waals surface area contributed by atoms with Crippen LogP contribution in [0.3, 0.4) is 0 Å². The molecule has 0 radical (unpaired) electrons. The SMILES string of the molecule is CC(C)=NNc1nc2cc(NC(=O)c3ccc(Cl)cc3Cl)ccc2s1. The number of hydrogen-bond acceptors (Lipinski definition) is 5. The topological polar surface area (TPSA) is 66.4 Å². The molecule has 3 rings (SSSR count). The van der Waals surface area contributed by atoms with Crippen LogP contribution in [0.4, 0.5) is 10.8 Å². The summed E-state index contributed by atoms with van der Waals surface area (Å²) in [7, 11) is 0. The molecule has 1 aromatic heterocycles. The fraction of sp³-hybridized carbons (Fsp3) is 0.118. The van der Waals surface area contributed by atoms with Crippen LogP contribution in [0.5, 0.6) is 0 Å². The summed E-state index contributed by atoms with van der Waals surface area (Å²) >= 11 is 13.4. The highest BCUT2D eigenvalue weighted by atomic mass is 35.5. The first kappa shape index (κ1) is 17.7. The Balaban J connectivity index is 1.81. The summed E-state index contributed by atoms with van der Waals surface area (Å²) in [6, 6.07) is 10.3. The predicted octanol–water partition coefficient (Wildman–Crippen LogP) is 5.66. The number of nitrogens with one attached hydrogen (secondary N) is 2. The molecule has 0 fully saturated rings. The summed E-state index contributed by atoms with van der Waals surface area (Å²) < 4.78 is 0.994. The monoisotopic (exact) mass is 392 g/mol. The molecule has 0 unspecified atom stereocenters. The van der Waals surface area contributed by atoms with E-state index in [2.05, 4.69) is 20.8 Å². The van der Waals surface area contributed by atoms with Gasteiger partial charge in [0.1, 0.15) is 0 Å². The van der Waals surface area contributed by atoms with Gasteiger partial charge in [0, 0.05) is 16.4 Å². The van der Waals surface area contributed by atoms with Crippen LogP contribution >= 0.6 is 34.5 Å². The van der Waals surface area contributed by atoms with Crippen molar-refractivity contribution in [3.63, 3.8) is 0 Å². The Bertz CT molecular complexity index is 980. The molecule has 0 bridgehead atoms. The standard InChI is InChI=1S/C17H14Cl2N4OS/c1-9(2)22-23-17-21-14-8-11(4-6-15(14)25-17)20-16(24)12-5-3-10(18)7-13(12)19/h3-8H,1-2H3,(H,20,24)(H,21,23). The van der Waals surface area contributed by atoms with Gasteiger partial charge in [-0.1, -0.05) is 34.5 Å². The minimum Gasteiger partial charge on any atom is -0.322 e. The maximum absolute atomic E-state index is 12.4. The van der Waals surface area contributed by atoms with Crippen LogP contribution in [-0.2, 0) is 0 Å². The van der Waals surface area contributed by atoms with E-state index in [1.54, 1.807) is 18.2 Å². The van der Waals surface area contributed by atoms with Gasteiger partial charge in [-0.3, -0.25) is 10.2 Å². The number of anilines is 2. The molecule has 0 saturated carbocycles. The van der Waals surface area contributed by atoms with E-state index in [-0.39, 0.29) is 5.91 Å².